The fraction of sp³-hybridized carbons (Fsp3) is 0.200. The van der Waals surface area contributed by atoms with Crippen molar-refractivity contribution in [1.82, 2.24) is 5.32 Å². The van der Waals surface area contributed by atoms with Gasteiger partial charge in [-0.05, 0) is 58.4 Å². The van der Waals surface area contributed by atoms with E-state index in [0.717, 1.165) is 39.1 Å². The van der Waals surface area contributed by atoms with Crippen LogP contribution < -0.4 is 10.1 Å². The summed E-state index contributed by atoms with van der Waals surface area (Å²) >= 11 is 13.1. The van der Waals surface area contributed by atoms with Crippen molar-refractivity contribution < 1.29 is 4.74 Å². The lowest BCUT2D eigenvalue weighted by molar-refractivity contribution is 0.479. The molecule has 20 heavy (non-hydrogen) atoms. The second-order valence-electron chi connectivity index (χ2n) is 4.21. The Kier molecular flexibility index (Phi) is 5.90. The Morgan fingerprint density at radius 3 is 2.60 bits per heavy atom. The molecule has 0 spiro atoms. The van der Waals surface area contributed by atoms with Gasteiger partial charge in [-0.1, -0.05) is 40.5 Å². The van der Waals surface area contributed by atoms with Gasteiger partial charge in [-0.15, -0.1) is 0 Å². The van der Waals surface area contributed by atoms with Crippen LogP contribution in [0.4, 0.5) is 0 Å². The molecule has 0 saturated heterocycles. The van der Waals surface area contributed by atoms with Crippen LogP contribution in [0.15, 0.2) is 45.3 Å². The molecule has 2 nitrogen and oxygen atoms in total. The number of hydrogen-bond acceptors (Lipinski definition) is 2. The molecule has 0 aliphatic heterocycles. The van der Waals surface area contributed by atoms with Crippen LogP contribution in [0.5, 0.6) is 11.5 Å². The monoisotopic (exact) mass is 417 g/mol. The van der Waals surface area contributed by atoms with Gasteiger partial charge in [0.25, 0.3) is 0 Å². The molecule has 0 heterocycles. The van der Waals surface area contributed by atoms with E-state index in [9.17, 15) is 0 Å². The summed E-state index contributed by atoms with van der Waals surface area (Å²) in [5, 5.41) is 3.96. The summed E-state index contributed by atoms with van der Waals surface area (Å²) in [7, 11) is 0. The van der Waals surface area contributed by atoms with E-state index >= 15 is 0 Å². The third-order valence-corrected chi connectivity index (χ3v) is 4.18. The van der Waals surface area contributed by atoms with Gasteiger partial charge in [-0.3, -0.25) is 0 Å². The molecule has 1 N–H and O–H groups in total. The minimum absolute atomic E-state index is 0.705. The van der Waals surface area contributed by atoms with E-state index in [-0.39, 0.29) is 0 Å². The molecular formula is C15H14Br2ClNO. The SMILES string of the molecule is CCNCc1ccc(Oc2ccc(Br)cc2Br)cc1Cl. The van der Waals surface area contributed by atoms with Gasteiger partial charge < -0.3 is 10.1 Å². The lowest BCUT2D eigenvalue weighted by Gasteiger charge is -2.10. The molecule has 0 bridgehead atoms. The number of halogens is 3. The smallest absolute Gasteiger partial charge is 0.141 e. The van der Waals surface area contributed by atoms with Gasteiger partial charge in [0, 0.05) is 16.0 Å². The van der Waals surface area contributed by atoms with Gasteiger partial charge in [0.1, 0.15) is 11.5 Å². The Bertz CT molecular complexity index is 604. The molecule has 0 saturated carbocycles. The van der Waals surface area contributed by atoms with Crippen molar-refractivity contribution in [2.24, 2.45) is 0 Å². The lowest BCUT2D eigenvalue weighted by Crippen LogP contribution is -2.11. The molecule has 2 aromatic rings. The minimum Gasteiger partial charge on any atom is -0.456 e. The van der Waals surface area contributed by atoms with Crippen LogP contribution >= 0.6 is 43.5 Å². The van der Waals surface area contributed by atoms with Gasteiger partial charge in [0.15, 0.2) is 0 Å². The Morgan fingerprint density at radius 1 is 1.15 bits per heavy atom. The minimum atomic E-state index is 0.705. The molecule has 5 heteroatoms. The molecule has 0 unspecified atom stereocenters. The summed E-state index contributed by atoms with van der Waals surface area (Å²) in [6.45, 7) is 3.74. The van der Waals surface area contributed by atoms with Crippen LogP contribution in [0.2, 0.25) is 5.02 Å². The maximum Gasteiger partial charge on any atom is 0.141 e. The highest BCUT2D eigenvalue weighted by molar-refractivity contribution is 9.11. The molecule has 2 rings (SSSR count). The average Bonchev–Trinajstić information content (AvgIpc) is 2.41. The Labute approximate surface area is 140 Å². The molecule has 0 radical (unpaired) electrons. The molecule has 0 atom stereocenters. The zero-order valence-corrected chi connectivity index (χ0v) is 14.8. The topological polar surface area (TPSA) is 21.3 Å². The van der Waals surface area contributed by atoms with Crippen molar-refractivity contribution in [2.75, 3.05) is 6.54 Å². The zero-order chi connectivity index (χ0) is 14.5. The summed E-state index contributed by atoms with van der Waals surface area (Å²) < 4.78 is 7.72. The summed E-state index contributed by atoms with van der Waals surface area (Å²) in [5.41, 5.74) is 1.07. The first kappa shape index (κ1) is 15.8. The maximum atomic E-state index is 6.26. The van der Waals surface area contributed by atoms with E-state index in [1.165, 1.54) is 0 Å². The van der Waals surface area contributed by atoms with Crippen molar-refractivity contribution in [1.29, 1.82) is 0 Å². The average molecular weight is 420 g/mol. The maximum absolute atomic E-state index is 6.26. The predicted molar refractivity (Wildman–Crippen MR) is 90.7 cm³/mol. The lowest BCUT2D eigenvalue weighted by atomic mass is 10.2. The first-order valence-corrected chi connectivity index (χ1v) is 8.18. The number of hydrogen-bond donors (Lipinski definition) is 1. The van der Waals surface area contributed by atoms with E-state index in [1.54, 1.807) is 0 Å². The molecule has 0 fully saturated rings. The van der Waals surface area contributed by atoms with Gasteiger partial charge in [-0.2, -0.15) is 0 Å². The summed E-state index contributed by atoms with van der Waals surface area (Å²) in [6.07, 6.45) is 0. The largest absolute Gasteiger partial charge is 0.456 e. The van der Waals surface area contributed by atoms with Crippen molar-refractivity contribution in [3.05, 3.63) is 55.9 Å². The molecule has 2 aromatic carbocycles. The van der Waals surface area contributed by atoms with Crippen molar-refractivity contribution in [3.8, 4) is 11.5 Å². The van der Waals surface area contributed by atoms with Crippen molar-refractivity contribution in [3.63, 3.8) is 0 Å². The van der Waals surface area contributed by atoms with Crippen LogP contribution in [-0.2, 0) is 6.54 Å². The summed E-state index contributed by atoms with van der Waals surface area (Å²) in [6, 6.07) is 11.5. The van der Waals surface area contributed by atoms with Crippen molar-refractivity contribution >= 4 is 43.5 Å². The van der Waals surface area contributed by atoms with Gasteiger partial charge >= 0.3 is 0 Å². The highest BCUT2D eigenvalue weighted by Gasteiger charge is 2.06. The van der Waals surface area contributed by atoms with E-state index in [2.05, 4.69) is 44.1 Å². The Morgan fingerprint density at radius 2 is 1.95 bits per heavy atom. The van der Waals surface area contributed by atoms with E-state index in [0.29, 0.717) is 5.02 Å². The summed E-state index contributed by atoms with van der Waals surface area (Å²) in [4.78, 5) is 0. The quantitative estimate of drug-likeness (QED) is 0.665. The highest BCUT2D eigenvalue weighted by Crippen LogP contribution is 2.33. The Hall–Kier alpha value is -0.550. The molecule has 106 valence electrons. The van der Waals surface area contributed by atoms with Gasteiger partial charge in [0.05, 0.1) is 4.47 Å². The molecule has 0 amide bonds. The van der Waals surface area contributed by atoms with Crippen LogP contribution in [0.25, 0.3) is 0 Å². The fourth-order valence-corrected chi connectivity index (χ4v) is 3.04. The van der Waals surface area contributed by atoms with Crippen LogP contribution in [0.1, 0.15) is 12.5 Å². The second kappa shape index (κ2) is 7.46. The predicted octanol–water partition coefficient (Wildman–Crippen LogP) is 5.77. The molecule has 0 aliphatic carbocycles. The summed E-state index contributed by atoms with van der Waals surface area (Å²) in [5.74, 6) is 1.47. The zero-order valence-electron chi connectivity index (χ0n) is 10.9. The Balaban J connectivity index is 2.15. The standard InChI is InChI=1S/C15H14Br2ClNO/c1-2-19-9-10-3-5-12(8-14(10)18)20-15-6-4-11(16)7-13(15)17/h3-8,19H,2,9H2,1H3. The number of rotatable bonds is 5. The van der Waals surface area contributed by atoms with Gasteiger partial charge in [-0.25, -0.2) is 0 Å². The van der Waals surface area contributed by atoms with E-state index < -0.39 is 0 Å². The second-order valence-corrected chi connectivity index (χ2v) is 6.39. The van der Waals surface area contributed by atoms with Crippen LogP contribution in [0, 0.1) is 0 Å². The third-order valence-electron chi connectivity index (χ3n) is 2.71. The molecular weight excluding hydrogens is 405 g/mol. The van der Waals surface area contributed by atoms with Crippen LogP contribution in [-0.4, -0.2) is 6.54 Å². The normalized spacial score (nSPS) is 10.6. The molecule has 0 aliphatic rings. The first-order valence-electron chi connectivity index (χ1n) is 6.22. The van der Waals surface area contributed by atoms with E-state index in [4.69, 9.17) is 16.3 Å². The number of ether oxygens (including phenoxy) is 1. The fourth-order valence-electron chi connectivity index (χ4n) is 1.68. The van der Waals surface area contributed by atoms with Crippen LogP contribution in [0.3, 0.4) is 0 Å². The van der Waals surface area contributed by atoms with Gasteiger partial charge in [0.2, 0.25) is 0 Å². The molecule has 0 aromatic heterocycles. The van der Waals surface area contributed by atoms with E-state index in [1.807, 2.05) is 36.4 Å². The van der Waals surface area contributed by atoms with Crippen molar-refractivity contribution in [2.45, 2.75) is 13.5 Å². The first-order chi connectivity index (χ1) is 9.60. The third kappa shape index (κ3) is 4.22. The number of nitrogens with one attached hydrogen (secondary N) is 1. The number of benzene rings is 2. The highest BCUT2D eigenvalue weighted by atomic mass is 79.9.